The van der Waals surface area contributed by atoms with E-state index in [9.17, 15) is 14.4 Å². The zero-order chi connectivity index (χ0) is 14.5. The highest BCUT2D eigenvalue weighted by Crippen LogP contribution is 2.12. The standard InChI is InChI=1S/C12H21N5O3/c13-10(18)8-16(9-1-3-14-4-2-9)5-6-17-11(19)7-15-12(17)20/h9,14H,1-8H2,(H2,13,18)(H,15,20). The van der Waals surface area contributed by atoms with Gasteiger partial charge in [-0.1, -0.05) is 0 Å². The van der Waals surface area contributed by atoms with E-state index in [4.69, 9.17) is 5.73 Å². The third-order valence-corrected chi connectivity index (χ3v) is 3.73. The third-order valence-electron chi connectivity index (χ3n) is 3.73. The molecule has 4 N–H and O–H groups in total. The first-order chi connectivity index (χ1) is 9.58. The summed E-state index contributed by atoms with van der Waals surface area (Å²) in [5.41, 5.74) is 5.28. The smallest absolute Gasteiger partial charge is 0.324 e. The van der Waals surface area contributed by atoms with Crippen LogP contribution in [0, 0.1) is 0 Å². The summed E-state index contributed by atoms with van der Waals surface area (Å²) in [5.74, 6) is -0.611. The lowest BCUT2D eigenvalue weighted by atomic mass is 10.0. The Kier molecular flexibility index (Phi) is 4.91. The second kappa shape index (κ2) is 6.67. The normalized spacial score (nSPS) is 20.6. The number of hydrogen-bond donors (Lipinski definition) is 3. The second-order valence-corrected chi connectivity index (χ2v) is 5.12. The highest BCUT2D eigenvalue weighted by molar-refractivity contribution is 6.01. The van der Waals surface area contributed by atoms with E-state index in [-0.39, 0.29) is 37.0 Å². The van der Waals surface area contributed by atoms with Crippen LogP contribution in [0.3, 0.4) is 0 Å². The number of hydrogen-bond acceptors (Lipinski definition) is 5. The van der Waals surface area contributed by atoms with E-state index in [1.807, 2.05) is 4.90 Å². The molecule has 0 spiro atoms. The molecule has 20 heavy (non-hydrogen) atoms. The van der Waals surface area contributed by atoms with E-state index in [0.29, 0.717) is 13.1 Å². The maximum atomic E-state index is 11.5. The van der Waals surface area contributed by atoms with Crippen molar-refractivity contribution in [2.45, 2.75) is 18.9 Å². The molecule has 0 radical (unpaired) electrons. The lowest BCUT2D eigenvalue weighted by Crippen LogP contribution is -2.49. The van der Waals surface area contributed by atoms with Gasteiger partial charge in [-0.3, -0.25) is 19.4 Å². The fraction of sp³-hybridized carbons (Fsp3) is 0.750. The number of imide groups is 1. The van der Waals surface area contributed by atoms with Crippen molar-refractivity contribution in [3.63, 3.8) is 0 Å². The summed E-state index contributed by atoms with van der Waals surface area (Å²) in [5, 5.41) is 5.74. The number of piperidine rings is 1. The molecule has 0 unspecified atom stereocenters. The van der Waals surface area contributed by atoms with Gasteiger partial charge >= 0.3 is 6.03 Å². The number of primary amides is 1. The average Bonchev–Trinajstić information content (AvgIpc) is 2.75. The SMILES string of the molecule is NC(=O)CN(CCN1C(=O)CNC1=O)C1CCNCC1. The van der Waals surface area contributed by atoms with E-state index < -0.39 is 0 Å². The van der Waals surface area contributed by atoms with Gasteiger partial charge in [-0.25, -0.2) is 4.79 Å². The number of carbonyl (C=O) groups is 3. The summed E-state index contributed by atoms with van der Waals surface area (Å²) >= 11 is 0. The Balaban J connectivity index is 1.91. The predicted molar refractivity (Wildman–Crippen MR) is 71.8 cm³/mol. The number of nitrogens with one attached hydrogen (secondary N) is 2. The van der Waals surface area contributed by atoms with Gasteiger partial charge < -0.3 is 16.4 Å². The minimum absolute atomic E-state index is 0.0575. The summed E-state index contributed by atoms with van der Waals surface area (Å²) in [6.07, 6.45) is 1.88. The fourth-order valence-corrected chi connectivity index (χ4v) is 2.67. The number of nitrogens with two attached hydrogens (primary N) is 1. The maximum Gasteiger partial charge on any atom is 0.324 e. The Labute approximate surface area is 117 Å². The molecule has 2 saturated heterocycles. The zero-order valence-electron chi connectivity index (χ0n) is 11.4. The molecule has 8 heteroatoms. The molecule has 2 aliphatic rings. The van der Waals surface area contributed by atoms with Crippen LogP contribution in [0.1, 0.15) is 12.8 Å². The number of urea groups is 1. The van der Waals surface area contributed by atoms with Crippen LogP contribution in [0.15, 0.2) is 0 Å². The highest BCUT2D eigenvalue weighted by atomic mass is 16.2. The van der Waals surface area contributed by atoms with Crippen molar-refractivity contribution in [2.24, 2.45) is 5.73 Å². The van der Waals surface area contributed by atoms with Crippen LogP contribution in [0.2, 0.25) is 0 Å². The molecule has 0 saturated carbocycles. The third kappa shape index (κ3) is 3.67. The summed E-state index contributed by atoms with van der Waals surface area (Å²) < 4.78 is 0. The fourth-order valence-electron chi connectivity index (χ4n) is 2.67. The Morgan fingerprint density at radius 1 is 1.35 bits per heavy atom. The van der Waals surface area contributed by atoms with E-state index >= 15 is 0 Å². The minimum atomic E-state index is -0.388. The van der Waals surface area contributed by atoms with Crippen molar-refractivity contribution in [1.82, 2.24) is 20.4 Å². The summed E-state index contributed by atoms with van der Waals surface area (Å²) in [6, 6.07) is -0.0937. The molecule has 0 aromatic carbocycles. The molecule has 2 aliphatic heterocycles. The molecular formula is C12H21N5O3. The number of carbonyl (C=O) groups excluding carboxylic acids is 3. The highest BCUT2D eigenvalue weighted by Gasteiger charge is 2.30. The quantitative estimate of drug-likeness (QED) is 0.492. The Hall–Kier alpha value is -1.67. The van der Waals surface area contributed by atoms with Crippen molar-refractivity contribution in [3.8, 4) is 0 Å². The van der Waals surface area contributed by atoms with Gasteiger partial charge in [-0.15, -0.1) is 0 Å². The van der Waals surface area contributed by atoms with Gasteiger partial charge in [0, 0.05) is 19.1 Å². The first-order valence-electron chi connectivity index (χ1n) is 6.89. The second-order valence-electron chi connectivity index (χ2n) is 5.12. The Morgan fingerprint density at radius 2 is 2.05 bits per heavy atom. The van der Waals surface area contributed by atoms with Crippen molar-refractivity contribution in [3.05, 3.63) is 0 Å². The molecule has 0 aromatic heterocycles. The molecule has 4 amide bonds. The molecule has 0 aliphatic carbocycles. The topological polar surface area (TPSA) is 108 Å². The lowest BCUT2D eigenvalue weighted by Gasteiger charge is -2.34. The van der Waals surface area contributed by atoms with Gasteiger partial charge in [0.15, 0.2) is 0 Å². The van der Waals surface area contributed by atoms with Crippen LogP contribution in [0.5, 0.6) is 0 Å². The average molecular weight is 283 g/mol. The van der Waals surface area contributed by atoms with Gasteiger partial charge in [-0.05, 0) is 25.9 Å². The predicted octanol–water partition coefficient (Wildman–Crippen LogP) is -1.92. The maximum absolute atomic E-state index is 11.5. The molecule has 112 valence electrons. The molecule has 0 bridgehead atoms. The monoisotopic (exact) mass is 283 g/mol. The largest absolute Gasteiger partial charge is 0.369 e. The van der Waals surface area contributed by atoms with Crippen LogP contribution in [-0.2, 0) is 9.59 Å². The van der Waals surface area contributed by atoms with Gasteiger partial charge in [0.2, 0.25) is 11.8 Å². The van der Waals surface area contributed by atoms with Gasteiger partial charge in [0.05, 0.1) is 13.1 Å². The number of amides is 4. The van der Waals surface area contributed by atoms with Crippen molar-refractivity contribution in [2.75, 3.05) is 39.3 Å². The van der Waals surface area contributed by atoms with Gasteiger partial charge in [-0.2, -0.15) is 0 Å². The zero-order valence-corrected chi connectivity index (χ0v) is 11.4. The number of rotatable bonds is 6. The van der Waals surface area contributed by atoms with Crippen LogP contribution in [0.25, 0.3) is 0 Å². The van der Waals surface area contributed by atoms with Crippen molar-refractivity contribution < 1.29 is 14.4 Å². The molecule has 2 fully saturated rings. The summed E-state index contributed by atoms with van der Waals surface area (Å²) in [7, 11) is 0. The molecule has 0 aromatic rings. The van der Waals surface area contributed by atoms with Crippen LogP contribution >= 0.6 is 0 Å². The van der Waals surface area contributed by atoms with Gasteiger partial charge in [0.25, 0.3) is 0 Å². The van der Waals surface area contributed by atoms with E-state index in [1.165, 1.54) is 4.90 Å². The molecule has 0 atom stereocenters. The Bertz CT molecular complexity index is 379. The van der Waals surface area contributed by atoms with Crippen LogP contribution in [-0.4, -0.2) is 73.0 Å². The molecule has 2 rings (SSSR count). The van der Waals surface area contributed by atoms with E-state index in [1.54, 1.807) is 0 Å². The van der Waals surface area contributed by atoms with Crippen molar-refractivity contribution in [1.29, 1.82) is 0 Å². The lowest BCUT2D eigenvalue weighted by molar-refractivity contribution is -0.125. The van der Waals surface area contributed by atoms with Crippen LogP contribution < -0.4 is 16.4 Å². The first kappa shape index (κ1) is 14.7. The first-order valence-corrected chi connectivity index (χ1v) is 6.89. The van der Waals surface area contributed by atoms with Gasteiger partial charge in [0.1, 0.15) is 0 Å². The molecule has 8 nitrogen and oxygen atoms in total. The molecule has 2 heterocycles. The van der Waals surface area contributed by atoms with E-state index in [2.05, 4.69) is 10.6 Å². The summed E-state index contributed by atoms with van der Waals surface area (Å²) in [4.78, 5) is 37.3. The van der Waals surface area contributed by atoms with Crippen LogP contribution in [0.4, 0.5) is 4.79 Å². The minimum Gasteiger partial charge on any atom is -0.369 e. The molecular weight excluding hydrogens is 262 g/mol. The van der Waals surface area contributed by atoms with Crippen molar-refractivity contribution >= 4 is 17.8 Å². The Morgan fingerprint density at radius 3 is 2.60 bits per heavy atom. The summed E-state index contributed by atoms with van der Waals surface area (Å²) in [6.45, 7) is 2.80. The number of nitrogens with zero attached hydrogens (tertiary/aromatic N) is 2. The van der Waals surface area contributed by atoms with E-state index in [0.717, 1.165) is 25.9 Å².